The van der Waals surface area contributed by atoms with E-state index < -0.39 is 0 Å². The summed E-state index contributed by atoms with van der Waals surface area (Å²) in [7, 11) is 0. The normalized spacial score (nSPS) is 10.7. The van der Waals surface area contributed by atoms with Crippen LogP contribution in [0, 0.1) is 0 Å². The molecule has 21 heavy (non-hydrogen) atoms. The Bertz CT molecular complexity index is 754. The van der Waals surface area contributed by atoms with Crippen LogP contribution in [-0.4, -0.2) is 11.5 Å². The molecule has 0 saturated heterocycles. The quantitative estimate of drug-likeness (QED) is 0.712. The van der Waals surface area contributed by atoms with Crippen molar-refractivity contribution in [1.29, 1.82) is 0 Å². The number of nitrogens with zero attached hydrogens (tertiary/aromatic N) is 1. The molecule has 0 atom stereocenters. The van der Waals surface area contributed by atoms with Gasteiger partial charge in [0.15, 0.2) is 0 Å². The van der Waals surface area contributed by atoms with Gasteiger partial charge >= 0.3 is 0 Å². The number of aromatic nitrogens is 1. The molecular weight excluding hydrogens is 282 g/mol. The number of fused-ring (bicyclic) bond motifs is 1. The first-order valence-corrected chi connectivity index (χ1v) is 7.23. The van der Waals surface area contributed by atoms with Crippen LogP contribution in [0.2, 0.25) is 5.02 Å². The third-order valence-corrected chi connectivity index (χ3v) is 3.60. The van der Waals surface area contributed by atoms with Crippen LogP contribution < -0.4 is 11.1 Å². The van der Waals surface area contributed by atoms with E-state index in [4.69, 9.17) is 17.3 Å². The zero-order chi connectivity index (χ0) is 14.7. The second-order valence-corrected chi connectivity index (χ2v) is 5.39. The summed E-state index contributed by atoms with van der Waals surface area (Å²) in [4.78, 5) is 4.57. The third kappa shape index (κ3) is 3.44. The van der Waals surface area contributed by atoms with Gasteiger partial charge in [0.05, 0.1) is 5.52 Å². The summed E-state index contributed by atoms with van der Waals surface area (Å²) in [5.41, 5.74) is 8.72. The molecule has 0 spiro atoms. The summed E-state index contributed by atoms with van der Waals surface area (Å²) in [5, 5.41) is 5.16. The lowest BCUT2D eigenvalue weighted by molar-refractivity contribution is 1.01. The zero-order valence-corrected chi connectivity index (χ0v) is 12.3. The number of anilines is 2. The molecule has 3 aromatic rings. The van der Waals surface area contributed by atoms with E-state index in [2.05, 4.69) is 10.3 Å². The van der Waals surface area contributed by atoms with Crippen molar-refractivity contribution in [3.63, 3.8) is 0 Å². The Morgan fingerprint density at radius 1 is 1.00 bits per heavy atom. The molecule has 3 N–H and O–H groups in total. The molecule has 0 amide bonds. The number of rotatable bonds is 4. The maximum Gasteiger partial charge on any atom is 0.126 e. The van der Waals surface area contributed by atoms with E-state index >= 15 is 0 Å². The van der Waals surface area contributed by atoms with Crippen molar-refractivity contribution >= 4 is 34.0 Å². The first-order valence-electron chi connectivity index (χ1n) is 6.85. The molecule has 1 aromatic heterocycles. The van der Waals surface area contributed by atoms with E-state index in [0.717, 1.165) is 40.4 Å². The highest BCUT2D eigenvalue weighted by Crippen LogP contribution is 2.18. The minimum Gasteiger partial charge on any atom is -0.399 e. The molecule has 3 rings (SSSR count). The Hall–Kier alpha value is -2.26. The van der Waals surface area contributed by atoms with Gasteiger partial charge in [0, 0.05) is 22.6 Å². The lowest BCUT2D eigenvalue weighted by Crippen LogP contribution is -2.06. The number of nitrogens with two attached hydrogens (primary N) is 1. The monoisotopic (exact) mass is 297 g/mol. The van der Waals surface area contributed by atoms with Crippen LogP contribution in [-0.2, 0) is 6.42 Å². The minimum atomic E-state index is 0.757. The Morgan fingerprint density at radius 3 is 2.62 bits per heavy atom. The summed E-state index contributed by atoms with van der Waals surface area (Å²) in [6, 6.07) is 17.7. The average molecular weight is 298 g/mol. The van der Waals surface area contributed by atoms with E-state index in [9.17, 15) is 0 Å². The zero-order valence-electron chi connectivity index (χ0n) is 11.5. The molecule has 0 aliphatic rings. The Kier molecular flexibility index (Phi) is 3.93. The molecule has 0 aliphatic heterocycles. The Labute approximate surface area is 128 Å². The molecule has 0 radical (unpaired) electrons. The topological polar surface area (TPSA) is 50.9 Å². The maximum atomic E-state index is 5.87. The summed E-state index contributed by atoms with van der Waals surface area (Å²) >= 11 is 5.87. The largest absolute Gasteiger partial charge is 0.399 e. The van der Waals surface area contributed by atoms with Gasteiger partial charge in [-0.15, -0.1) is 0 Å². The lowest BCUT2D eigenvalue weighted by atomic mass is 10.1. The molecule has 3 nitrogen and oxygen atoms in total. The van der Waals surface area contributed by atoms with Crippen molar-refractivity contribution in [2.24, 2.45) is 0 Å². The Balaban J connectivity index is 1.65. The van der Waals surface area contributed by atoms with E-state index in [1.165, 1.54) is 5.56 Å². The summed E-state index contributed by atoms with van der Waals surface area (Å²) in [6.07, 6.45) is 0.929. The highest BCUT2D eigenvalue weighted by Gasteiger charge is 1.99. The number of pyridine rings is 1. The van der Waals surface area contributed by atoms with Crippen molar-refractivity contribution in [3.8, 4) is 0 Å². The fraction of sp³-hybridized carbons (Fsp3) is 0.118. The van der Waals surface area contributed by atoms with Gasteiger partial charge < -0.3 is 11.1 Å². The Morgan fingerprint density at radius 2 is 1.81 bits per heavy atom. The number of nitrogens with one attached hydrogen (secondary N) is 1. The van der Waals surface area contributed by atoms with Gasteiger partial charge in [0.1, 0.15) is 5.82 Å². The number of benzene rings is 2. The fourth-order valence-electron chi connectivity index (χ4n) is 2.23. The minimum absolute atomic E-state index is 0.757. The van der Waals surface area contributed by atoms with Crippen LogP contribution in [0.4, 0.5) is 11.5 Å². The predicted octanol–water partition coefficient (Wildman–Crippen LogP) is 4.13. The molecule has 106 valence electrons. The van der Waals surface area contributed by atoms with Crippen LogP contribution in [0.15, 0.2) is 54.6 Å². The van der Waals surface area contributed by atoms with Crippen LogP contribution in [0.1, 0.15) is 5.56 Å². The second-order valence-electron chi connectivity index (χ2n) is 4.95. The van der Waals surface area contributed by atoms with Gasteiger partial charge in [0.2, 0.25) is 0 Å². The highest BCUT2D eigenvalue weighted by molar-refractivity contribution is 6.30. The smallest absolute Gasteiger partial charge is 0.126 e. The van der Waals surface area contributed by atoms with Crippen LogP contribution >= 0.6 is 11.6 Å². The van der Waals surface area contributed by atoms with E-state index in [1.54, 1.807) is 0 Å². The molecule has 2 aromatic carbocycles. The predicted molar refractivity (Wildman–Crippen MR) is 89.8 cm³/mol. The van der Waals surface area contributed by atoms with Gasteiger partial charge in [-0.25, -0.2) is 4.98 Å². The van der Waals surface area contributed by atoms with Gasteiger partial charge in [-0.1, -0.05) is 23.7 Å². The third-order valence-electron chi connectivity index (χ3n) is 3.35. The molecular formula is C17H16ClN3. The summed E-state index contributed by atoms with van der Waals surface area (Å²) in [6.45, 7) is 0.828. The number of nitrogen functional groups attached to an aromatic ring is 1. The SMILES string of the molecule is Nc1ccc2nc(NCCc3ccc(Cl)cc3)ccc2c1. The molecule has 4 heteroatoms. The number of hydrogen-bond donors (Lipinski definition) is 2. The maximum absolute atomic E-state index is 5.87. The number of hydrogen-bond acceptors (Lipinski definition) is 3. The van der Waals surface area contributed by atoms with Crippen molar-refractivity contribution in [2.75, 3.05) is 17.6 Å². The summed E-state index contributed by atoms with van der Waals surface area (Å²) < 4.78 is 0. The average Bonchev–Trinajstić information content (AvgIpc) is 2.49. The molecule has 0 unspecified atom stereocenters. The van der Waals surface area contributed by atoms with Gasteiger partial charge in [-0.2, -0.15) is 0 Å². The highest BCUT2D eigenvalue weighted by atomic mass is 35.5. The van der Waals surface area contributed by atoms with Crippen molar-refractivity contribution in [3.05, 3.63) is 65.2 Å². The van der Waals surface area contributed by atoms with Crippen LogP contribution in [0.5, 0.6) is 0 Å². The molecule has 0 bridgehead atoms. The van der Waals surface area contributed by atoms with Crippen molar-refractivity contribution < 1.29 is 0 Å². The fourth-order valence-corrected chi connectivity index (χ4v) is 2.35. The van der Waals surface area contributed by atoms with Crippen molar-refractivity contribution in [2.45, 2.75) is 6.42 Å². The van der Waals surface area contributed by atoms with Gasteiger partial charge in [-0.05, 0) is 54.4 Å². The van der Waals surface area contributed by atoms with Gasteiger partial charge in [-0.3, -0.25) is 0 Å². The van der Waals surface area contributed by atoms with E-state index in [-0.39, 0.29) is 0 Å². The first kappa shape index (κ1) is 13.7. The van der Waals surface area contributed by atoms with E-state index in [0.29, 0.717) is 0 Å². The summed E-state index contributed by atoms with van der Waals surface area (Å²) in [5.74, 6) is 0.876. The van der Waals surface area contributed by atoms with Gasteiger partial charge in [0.25, 0.3) is 0 Å². The molecule has 0 fully saturated rings. The van der Waals surface area contributed by atoms with Crippen molar-refractivity contribution in [1.82, 2.24) is 4.98 Å². The lowest BCUT2D eigenvalue weighted by Gasteiger charge is -2.07. The number of halogens is 1. The first-order chi connectivity index (χ1) is 10.2. The standard InChI is InChI=1S/C17H16ClN3/c18-14-4-1-12(2-5-14)9-10-20-17-8-3-13-11-15(19)6-7-16(13)21-17/h1-8,11H,9-10,19H2,(H,20,21). The van der Waals surface area contributed by atoms with Crippen LogP contribution in [0.25, 0.3) is 10.9 Å². The van der Waals surface area contributed by atoms with E-state index in [1.807, 2.05) is 54.6 Å². The second kappa shape index (κ2) is 6.02. The molecule has 0 aliphatic carbocycles. The van der Waals surface area contributed by atoms with Crippen LogP contribution in [0.3, 0.4) is 0 Å². The molecule has 1 heterocycles. The molecule has 0 saturated carbocycles.